The number of nitrogens with zero attached hydrogens (tertiary/aromatic N) is 2. The first-order chi connectivity index (χ1) is 20.5. The molecule has 1 heterocycles. The normalized spacial score (nSPS) is 15.2. The molecule has 250 valence electrons. The molecule has 1 fully saturated rings. The summed E-state index contributed by atoms with van der Waals surface area (Å²) in [7, 11) is 0.836. The highest BCUT2D eigenvalue weighted by molar-refractivity contribution is 6.34. The highest BCUT2D eigenvalue weighted by atomic mass is 35.5. The lowest BCUT2D eigenvalue weighted by molar-refractivity contribution is -0.529. The molecule has 1 aromatic heterocycles. The fourth-order valence-corrected chi connectivity index (χ4v) is 3.58. The zero-order valence-corrected chi connectivity index (χ0v) is 22.8. The van der Waals surface area contributed by atoms with Crippen LogP contribution in [0, 0.1) is 5.41 Å². The van der Waals surface area contributed by atoms with Crippen molar-refractivity contribution in [2.45, 2.75) is 49.7 Å². The van der Waals surface area contributed by atoms with Crippen LogP contribution in [-0.4, -0.2) is 59.2 Å². The Bertz CT molecular complexity index is 1460. The largest absolute Gasteiger partial charge is 0.527 e. The lowest BCUT2D eigenvalue weighted by atomic mass is 10.0. The van der Waals surface area contributed by atoms with Gasteiger partial charge in [0, 0.05) is 31.1 Å². The SMILES string of the molecule is Cn1nc(OCC(F)(F)OC(F)(F)C(F)(F)OC(F)(F)F)c(C(F)(F)F)c1N/C=C(\C=N)c1ccc(Cl)c(C(=O)NC2CC2)c1. The van der Waals surface area contributed by atoms with E-state index in [1.807, 2.05) is 4.74 Å². The lowest BCUT2D eigenvalue weighted by Gasteiger charge is -2.29. The number of hydrogen-bond acceptors (Lipinski definition) is 7. The summed E-state index contributed by atoms with van der Waals surface area (Å²) in [6.45, 7) is -2.66. The van der Waals surface area contributed by atoms with E-state index in [2.05, 4.69) is 25.2 Å². The molecule has 0 atom stereocenters. The minimum absolute atomic E-state index is 0.0162. The van der Waals surface area contributed by atoms with Crippen molar-refractivity contribution < 1.29 is 71.7 Å². The van der Waals surface area contributed by atoms with Gasteiger partial charge in [-0.3, -0.25) is 4.79 Å². The molecule has 2 aromatic rings. The van der Waals surface area contributed by atoms with Crippen molar-refractivity contribution in [1.29, 1.82) is 5.41 Å². The van der Waals surface area contributed by atoms with E-state index in [1.165, 1.54) is 18.2 Å². The van der Waals surface area contributed by atoms with Gasteiger partial charge in [-0.2, -0.15) is 39.5 Å². The number of carbonyl (C=O) groups excluding carboxylic acids is 1. The van der Waals surface area contributed by atoms with Crippen molar-refractivity contribution in [3.05, 3.63) is 46.1 Å². The number of rotatable bonds is 13. The molecule has 1 aliphatic carbocycles. The van der Waals surface area contributed by atoms with Gasteiger partial charge in [0.1, 0.15) is 5.82 Å². The number of alkyl halides is 12. The third kappa shape index (κ3) is 9.16. The summed E-state index contributed by atoms with van der Waals surface area (Å²) >= 11 is 6.06. The Morgan fingerprint density at radius 1 is 1.04 bits per heavy atom. The van der Waals surface area contributed by atoms with E-state index in [1.54, 1.807) is 0 Å². The molecule has 0 bridgehead atoms. The van der Waals surface area contributed by atoms with Gasteiger partial charge < -0.3 is 20.8 Å². The molecule has 1 aromatic carbocycles. The zero-order valence-electron chi connectivity index (χ0n) is 22.0. The minimum Gasteiger partial charge on any atom is -0.467 e. The van der Waals surface area contributed by atoms with Crippen LogP contribution in [0.15, 0.2) is 24.4 Å². The molecule has 45 heavy (non-hydrogen) atoms. The molecule has 1 amide bonds. The number of ether oxygens (including phenoxy) is 3. The highest BCUT2D eigenvalue weighted by Gasteiger charge is 2.68. The zero-order chi connectivity index (χ0) is 34.2. The molecule has 22 heteroatoms. The predicted octanol–water partition coefficient (Wildman–Crippen LogP) is 6.80. The summed E-state index contributed by atoms with van der Waals surface area (Å²) in [5, 5.41) is 15.7. The Hall–Kier alpha value is -3.72. The summed E-state index contributed by atoms with van der Waals surface area (Å²) in [6.07, 6.45) is -27.9. The Morgan fingerprint density at radius 3 is 2.18 bits per heavy atom. The Balaban J connectivity index is 1.85. The molecule has 1 aliphatic rings. The summed E-state index contributed by atoms with van der Waals surface area (Å²) in [5.41, 5.74) is -1.98. The smallest absolute Gasteiger partial charge is 0.467 e. The van der Waals surface area contributed by atoms with Gasteiger partial charge in [-0.15, -0.1) is 18.3 Å². The number of hydrogen-bond donors (Lipinski definition) is 3. The van der Waals surface area contributed by atoms with Crippen molar-refractivity contribution >= 4 is 35.1 Å². The van der Waals surface area contributed by atoms with Crippen molar-refractivity contribution in [3.63, 3.8) is 0 Å². The number of aryl methyl sites for hydroxylation is 1. The summed E-state index contributed by atoms with van der Waals surface area (Å²) in [6, 6.07) is 3.79. The van der Waals surface area contributed by atoms with Crippen molar-refractivity contribution in [2.75, 3.05) is 11.9 Å². The van der Waals surface area contributed by atoms with Crippen LogP contribution in [0.4, 0.5) is 58.5 Å². The van der Waals surface area contributed by atoms with E-state index in [0.29, 0.717) is 10.9 Å². The topological polar surface area (TPSA) is 110 Å². The second kappa shape index (κ2) is 12.6. The van der Waals surface area contributed by atoms with Crippen LogP contribution >= 0.6 is 11.6 Å². The summed E-state index contributed by atoms with van der Waals surface area (Å²) < 4.78 is 167. The standard InChI is InChI=1S/C23H18ClF12N5O4/c1-41-16(38-8-11(7-37)10-2-5-14(24)13(6-10)17(42)39-12-3-4-12)15(20(27,28)29)18(40-41)43-9-19(25,26)44-21(30,31)22(32,33)45-23(34,35)36/h2,5-8,12,37-38H,3-4,9H2,1H3,(H,39,42)/b11-8+,37-7?. The third-order valence-electron chi connectivity index (χ3n) is 5.51. The number of anilines is 1. The van der Waals surface area contributed by atoms with E-state index < -0.39 is 60.6 Å². The van der Waals surface area contributed by atoms with Crippen LogP contribution in [0.2, 0.25) is 5.02 Å². The maximum absolute atomic E-state index is 13.9. The van der Waals surface area contributed by atoms with Crippen LogP contribution in [0.3, 0.4) is 0 Å². The minimum atomic E-state index is -6.68. The van der Waals surface area contributed by atoms with Crippen molar-refractivity contribution in [2.24, 2.45) is 7.05 Å². The fraction of sp³-hybridized carbons (Fsp3) is 0.435. The second-order valence-electron chi connectivity index (χ2n) is 9.09. The summed E-state index contributed by atoms with van der Waals surface area (Å²) in [4.78, 5) is 12.4. The van der Waals surface area contributed by atoms with Crippen LogP contribution in [0.25, 0.3) is 5.57 Å². The maximum Gasteiger partial charge on any atom is 0.527 e. The molecule has 0 saturated heterocycles. The van der Waals surface area contributed by atoms with Gasteiger partial charge in [0.05, 0.1) is 10.6 Å². The van der Waals surface area contributed by atoms with Crippen molar-refractivity contribution in [1.82, 2.24) is 15.1 Å². The average Bonchev–Trinajstić information content (AvgIpc) is 3.61. The first-order valence-corrected chi connectivity index (χ1v) is 12.3. The molecule has 1 saturated carbocycles. The molecular weight excluding hydrogens is 674 g/mol. The van der Waals surface area contributed by atoms with Gasteiger partial charge in [-0.05, 0) is 30.5 Å². The van der Waals surface area contributed by atoms with Gasteiger partial charge in [0.2, 0.25) is 5.88 Å². The number of benzene rings is 1. The third-order valence-corrected chi connectivity index (χ3v) is 5.84. The molecular formula is C23H18ClF12N5O4. The Labute approximate surface area is 248 Å². The van der Waals surface area contributed by atoms with Gasteiger partial charge in [0.15, 0.2) is 12.2 Å². The Morgan fingerprint density at radius 2 is 1.64 bits per heavy atom. The van der Waals surface area contributed by atoms with E-state index >= 15 is 0 Å². The van der Waals surface area contributed by atoms with Crippen molar-refractivity contribution in [3.8, 4) is 5.88 Å². The number of nitrogens with one attached hydrogen (secondary N) is 3. The van der Waals surface area contributed by atoms with E-state index in [-0.39, 0.29) is 27.8 Å². The molecule has 3 N–H and O–H groups in total. The fourth-order valence-electron chi connectivity index (χ4n) is 3.38. The van der Waals surface area contributed by atoms with E-state index in [4.69, 9.17) is 17.0 Å². The molecule has 0 spiro atoms. The molecule has 0 unspecified atom stereocenters. The van der Waals surface area contributed by atoms with E-state index in [0.717, 1.165) is 26.1 Å². The maximum atomic E-state index is 13.9. The average molecular weight is 692 g/mol. The van der Waals surface area contributed by atoms with Gasteiger partial charge in [0.25, 0.3) is 5.91 Å². The predicted molar refractivity (Wildman–Crippen MR) is 129 cm³/mol. The number of carbonyl (C=O) groups is 1. The van der Waals surface area contributed by atoms with Crippen LogP contribution in [0.1, 0.15) is 34.3 Å². The molecule has 9 nitrogen and oxygen atoms in total. The highest BCUT2D eigenvalue weighted by Crippen LogP contribution is 2.45. The monoisotopic (exact) mass is 691 g/mol. The summed E-state index contributed by atoms with van der Waals surface area (Å²) in [5.74, 6) is -3.30. The van der Waals surface area contributed by atoms with Gasteiger partial charge in [-0.25, -0.2) is 14.2 Å². The first kappa shape index (κ1) is 35.8. The van der Waals surface area contributed by atoms with E-state index in [9.17, 15) is 57.5 Å². The number of aromatic nitrogens is 2. The van der Waals surface area contributed by atoms with Crippen LogP contribution in [-0.2, 0) is 22.7 Å². The van der Waals surface area contributed by atoms with Gasteiger partial charge >= 0.3 is 30.9 Å². The molecule has 3 rings (SSSR count). The quantitative estimate of drug-likeness (QED) is 0.158. The lowest BCUT2D eigenvalue weighted by Crippen LogP contribution is -2.52. The molecule has 0 radical (unpaired) electrons. The number of amides is 1. The number of halogens is 13. The van der Waals surface area contributed by atoms with Crippen LogP contribution in [0.5, 0.6) is 5.88 Å². The van der Waals surface area contributed by atoms with Crippen LogP contribution < -0.4 is 15.4 Å². The second-order valence-corrected chi connectivity index (χ2v) is 9.50. The Kier molecular flexibility index (Phi) is 10.00. The van der Waals surface area contributed by atoms with Gasteiger partial charge in [-0.1, -0.05) is 17.7 Å². The molecule has 0 aliphatic heterocycles. The first-order valence-electron chi connectivity index (χ1n) is 11.9. The number of allylic oxidation sites excluding steroid dienone is 1.